The van der Waals surface area contributed by atoms with Crippen molar-refractivity contribution in [3.8, 4) is 0 Å². The summed E-state index contributed by atoms with van der Waals surface area (Å²) >= 11 is 0. The molecule has 1 N–H and O–H groups in total. The Balaban J connectivity index is 1.72. The summed E-state index contributed by atoms with van der Waals surface area (Å²) in [6, 6.07) is 5.24. The second-order valence-corrected chi connectivity index (χ2v) is 8.52. The summed E-state index contributed by atoms with van der Waals surface area (Å²) in [5.74, 6) is 0.288. The topological polar surface area (TPSA) is 74.9 Å². The number of nitrogens with one attached hydrogen (secondary N) is 1. The number of rotatable bonds is 3. The normalized spacial score (nSPS) is 24.5. The summed E-state index contributed by atoms with van der Waals surface area (Å²) < 4.78 is 42.7. The second kappa shape index (κ2) is 7.29. The number of nitrogens with zero attached hydrogens (tertiary/aromatic N) is 5. The van der Waals surface area contributed by atoms with E-state index in [4.69, 9.17) is 0 Å². The van der Waals surface area contributed by atoms with Gasteiger partial charge in [-0.3, -0.25) is 9.69 Å². The average Bonchev–Trinajstić information content (AvgIpc) is 3.39. The third-order valence-corrected chi connectivity index (χ3v) is 6.92. The first kappa shape index (κ1) is 21.4. The molecule has 33 heavy (non-hydrogen) atoms. The molecule has 3 aliphatic rings. The van der Waals surface area contributed by atoms with Crippen molar-refractivity contribution in [1.29, 1.82) is 0 Å². The maximum Gasteiger partial charge on any atom is 0.416 e. The molecule has 7 nitrogen and oxygen atoms in total. The fourth-order valence-electron chi connectivity index (χ4n) is 5.16. The van der Waals surface area contributed by atoms with Crippen molar-refractivity contribution in [2.75, 3.05) is 11.4 Å². The Labute approximate surface area is 188 Å². The number of aryl methyl sites for hydroxylation is 1. The number of halogens is 3. The van der Waals surface area contributed by atoms with Gasteiger partial charge in [0.2, 0.25) is 0 Å². The first-order chi connectivity index (χ1) is 15.7. The number of alkyl halides is 3. The SMILES string of the molecule is CCC1(c2cccc(C(F)(F)F)c2)C2=CN=NC2NC2=C1C(=O)N(c1ncn(C)c1C)CC2. The highest BCUT2D eigenvalue weighted by Gasteiger charge is 2.53. The summed E-state index contributed by atoms with van der Waals surface area (Å²) in [6.45, 7) is 4.17. The molecule has 172 valence electrons. The molecule has 10 heteroatoms. The molecule has 1 aromatic heterocycles. The van der Waals surface area contributed by atoms with Crippen molar-refractivity contribution in [2.24, 2.45) is 17.3 Å². The number of hydrogen-bond acceptors (Lipinski definition) is 5. The Morgan fingerprint density at radius 1 is 1.30 bits per heavy atom. The van der Waals surface area contributed by atoms with Crippen LogP contribution >= 0.6 is 0 Å². The van der Waals surface area contributed by atoms with E-state index >= 15 is 0 Å². The smallest absolute Gasteiger partial charge is 0.362 e. The van der Waals surface area contributed by atoms with Gasteiger partial charge in [-0.2, -0.15) is 23.4 Å². The van der Waals surface area contributed by atoms with Gasteiger partial charge in [0.1, 0.15) is 0 Å². The molecule has 0 saturated heterocycles. The van der Waals surface area contributed by atoms with E-state index in [-0.39, 0.29) is 5.91 Å². The van der Waals surface area contributed by atoms with Crippen LogP contribution in [0, 0.1) is 6.92 Å². The van der Waals surface area contributed by atoms with E-state index < -0.39 is 23.3 Å². The molecule has 2 aromatic rings. The van der Waals surface area contributed by atoms with Crippen molar-refractivity contribution >= 4 is 11.7 Å². The highest BCUT2D eigenvalue weighted by Crippen LogP contribution is 2.52. The number of carbonyl (C=O) groups is 1. The van der Waals surface area contributed by atoms with Gasteiger partial charge in [0.15, 0.2) is 12.0 Å². The summed E-state index contributed by atoms with van der Waals surface area (Å²) in [7, 11) is 1.85. The summed E-state index contributed by atoms with van der Waals surface area (Å²) in [5, 5.41) is 11.6. The number of fused-ring (bicyclic) bond motifs is 1. The van der Waals surface area contributed by atoms with E-state index in [0.29, 0.717) is 47.6 Å². The Morgan fingerprint density at radius 3 is 2.76 bits per heavy atom. The summed E-state index contributed by atoms with van der Waals surface area (Å²) in [5.41, 5.74) is 1.22. The molecule has 0 spiro atoms. The Bertz CT molecular complexity index is 1240. The van der Waals surface area contributed by atoms with Crippen LogP contribution in [0.4, 0.5) is 19.0 Å². The van der Waals surface area contributed by atoms with Crippen molar-refractivity contribution in [3.05, 3.63) is 70.5 Å². The molecule has 1 amide bonds. The van der Waals surface area contributed by atoms with Gasteiger partial charge in [-0.25, -0.2) is 4.98 Å². The fourth-order valence-corrected chi connectivity index (χ4v) is 5.16. The number of carbonyl (C=O) groups excluding carboxylic acids is 1. The van der Waals surface area contributed by atoms with Crippen LogP contribution in [0.5, 0.6) is 0 Å². The largest absolute Gasteiger partial charge is 0.416 e. The molecule has 2 atom stereocenters. The van der Waals surface area contributed by atoms with E-state index in [2.05, 4.69) is 20.5 Å². The summed E-state index contributed by atoms with van der Waals surface area (Å²) in [6.07, 6.45) is -0.896. The first-order valence-corrected chi connectivity index (χ1v) is 10.8. The standard InChI is InChI=1S/C23H23F3N6O/c1-4-22(14-6-5-7-15(10-14)23(24,25)26)16-11-28-30-19(16)29-17-8-9-32(21(33)18(17)22)20-13(2)31(3)12-27-20/h5-7,10-12,19,29H,4,8-9H2,1-3H3. The van der Waals surface area contributed by atoms with Crippen molar-refractivity contribution in [2.45, 2.75) is 44.4 Å². The van der Waals surface area contributed by atoms with Gasteiger partial charge >= 0.3 is 6.18 Å². The highest BCUT2D eigenvalue weighted by molar-refractivity contribution is 6.09. The number of imidazole rings is 1. The second-order valence-electron chi connectivity index (χ2n) is 8.52. The van der Waals surface area contributed by atoms with Crippen LogP contribution in [-0.4, -0.2) is 28.2 Å². The third kappa shape index (κ3) is 3.03. The zero-order valence-corrected chi connectivity index (χ0v) is 18.4. The minimum absolute atomic E-state index is 0.268. The zero-order valence-electron chi connectivity index (χ0n) is 18.4. The number of benzene rings is 1. The maximum atomic E-state index is 14.0. The summed E-state index contributed by atoms with van der Waals surface area (Å²) in [4.78, 5) is 20.0. The van der Waals surface area contributed by atoms with Crippen LogP contribution in [0.3, 0.4) is 0 Å². The van der Waals surface area contributed by atoms with Gasteiger partial charge in [0.05, 0.1) is 34.8 Å². The fraction of sp³-hybridized carbons (Fsp3) is 0.391. The lowest BCUT2D eigenvalue weighted by atomic mass is 9.62. The van der Waals surface area contributed by atoms with Gasteiger partial charge in [-0.05, 0) is 25.0 Å². The Morgan fingerprint density at radius 2 is 2.09 bits per heavy atom. The predicted octanol–water partition coefficient (Wildman–Crippen LogP) is 4.37. The molecule has 5 rings (SSSR count). The number of anilines is 1. The molecule has 3 aliphatic heterocycles. The molecule has 0 saturated carbocycles. The first-order valence-electron chi connectivity index (χ1n) is 10.8. The van der Waals surface area contributed by atoms with Crippen molar-refractivity contribution < 1.29 is 18.0 Å². The molecule has 0 aliphatic carbocycles. The number of hydrogen-bond donors (Lipinski definition) is 1. The van der Waals surface area contributed by atoms with Gasteiger partial charge in [-0.1, -0.05) is 25.1 Å². The maximum absolute atomic E-state index is 14.0. The third-order valence-electron chi connectivity index (χ3n) is 6.92. The van der Waals surface area contributed by atoms with Gasteiger partial charge in [0.25, 0.3) is 5.91 Å². The van der Waals surface area contributed by atoms with Crippen molar-refractivity contribution in [3.63, 3.8) is 0 Å². The van der Waals surface area contributed by atoms with Crippen LogP contribution < -0.4 is 10.2 Å². The molecule has 1 aromatic carbocycles. The minimum Gasteiger partial charge on any atom is -0.362 e. The van der Waals surface area contributed by atoms with Crippen molar-refractivity contribution in [1.82, 2.24) is 14.9 Å². The number of azo groups is 1. The van der Waals surface area contributed by atoms with E-state index in [1.807, 2.05) is 25.5 Å². The monoisotopic (exact) mass is 456 g/mol. The molecular weight excluding hydrogens is 433 g/mol. The average molecular weight is 456 g/mol. The molecule has 4 heterocycles. The van der Waals surface area contributed by atoms with Crippen LogP contribution in [0.25, 0.3) is 0 Å². The van der Waals surface area contributed by atoms with E-state index in [9.17, 15) is 18.0 Å². The Kier molecular flexibility index (Phi) is 4.73. The lowest BCUT2D eigenvalue weighted by molar-refractivity contribution is -0.137. The lowest BCUT2D eigenvalue weighted by Crippen LogP contribution is -2.54. The molecule has 0 fully saturated rings. The highest BCUT2D eigenvalue weighted by atomic mass is 19.4. The van der Waals surface area contributed by atoms with Gasteiger partial charge < -0.3 is 9.88 Å². The van der Waals surface area contributed by atoms with E-state index in [1.165, 1.54) is 6.07 Å². The Hall–Kier alpha value is -3.43. The van der Waals surface area contributed by atoms with Crippen LogP contribution in [0.15, 0.2) is 63.9 Å². The zero-order chi connectivity index (χ0) is 23.5. The lowest BCUT2D eigenvalue weighted by Gasteiger charge is -2.47. The van der Waals surface area contributed by atoms with E-state index in [0.717, 1.165) is 17.8 Å². The van der Waals surface area contributed by atoms with Crippen LogP contribution in [-0.2, 0) is 23.4 Å². The number of aromatic nitrogens is 2. The minimum atomic E-state index is -4.50. The number of amides is 1. The van der Waals surface area contributed by atoms with Crippen LogP contribution in [0.2, 0.25) is 0 Å². The molecule has 0 bridgehead atoms. The van der Waals surface area contributed by atoms with Crippen LogP contribution in [0.1, 0.15) is 36.6 Å². The van der Waals surface area contributed by atoms with Gasteiger partial charge in [0, 0.05) is 31.3 Å². The molecule has 0 radical (unpaired) electrons. The quantitative estimate of drug-likeness (QED) is 0.746. The van der Waals surface area contributed by atoms with Gasteiger partial charge in [-0.15, -0.1) is 0 Å². The predicted molar refractivity (Wildman–Crippen MR) is 115 cm³/mol. The van der Waals surface area contributed by atoms with E-state index in [1.54, 1.807) is 23.5 Å². The molecular formula is C23H23F3N6O. The molecule has 2 unspecified atom stereocenters.